The van der Waals surface area contributed by atoms with Gasteiger partial charge in [-0.1, -0.05) is 11.6 Å². The summed E-state index contributed by atoms with van der Waals surface area (Å²) in [6.45, 7) is 4.12. The fourth-order valence-electron chi connectivity index (χ4n) is 1.07. The van der Waals surface area contributed by atoms with E-state index in [1.807, 2.05) is 13.8 Å². The van der Waals surface area contributed by atoms with Gasteiger partial charge in [0.05, 0.1) is 5.02 Å². The summed E-state index contributed by atoms with van der Waals surface area (Å²) in [6.07, 6.45) is 0. The van der Waals surface area contributed by atoms with Gasteiger partial charge in [-0.2, -0.15) is 0 Å². The predicted octanol–water partition coefficient (Wildman–Crippen LogP) is 2.99. The van der Waals surface area contributed by atoms with Gasteiger partial charge in [0.1, 0.15) is 0 Å². The third-order valence-electron chi connectivity index (χ3n) is 2.14. The number of nitrogens with one attached hydrogen (secondary N) is 1. The van der Waals surface area contributed by atoms with E-state index in [1.54, 1.807) is 18.2 Å². The summed E-state index contributed by atoms with van der Waals surface area (Å²) in [5, 5.41) is 3.42. The summed E-state index contributed by atoms with van der Waals surface area (Å²) >= 11 is 9.12. The molecule has 0 unspecified atom stereocenters. The zero-order valence-electron chi connectivity index (χ0n) is 9.59. The topological polar surface area (TPSA) is 55.1 Å². The maximum atomic E-state index is 11.9. The van der Waals surface area contributed by atoms with Crippen LogP contribution < -0.4 is 11.1 Å². The Bertz CT molecular complexity index is 410. The van der Waals surface area contributed by atoms with Crippen molar-refractivity contribution in [1.82, 2.24) is 5.32 Å². The second-order valence-electron chi connectivity index (χ2n) is 4.17. The molecule has 0 heterocycles. The molecule has 0 saturated carbocycles. The molecule has 0 aliphatic carbocycles. The van der Waals surface area contributed by atoms with Crippen molar-refractivity contribution in [3.63, 3.8) is 0 Å². The normalized spacial score (nSPS) is 10.6. The molecule has 96 valence electrons. The molecule has 0 radical (unpaired) electrons. The molecule has 0 aromatic heterocycles. The Morgan fingerprint density at radius 2 is 2.12 bits per heavy atom. The number of carbonyl (C=O) groups excluding carboxylic acids is 1. The van der Waals surface area contributed by atoms with Gasteiger partial charge in [-0.15, -0.1) is 12.4 Å². The lowest BCUT2D eigenvalue weighted by Gasteiger charge is -2.24. The number of halogens is 3. The second-order valence-corrected chi connectivity index (χ2v) is 5.43. The fraction of sp³-hybridized carbons (Fsp3) is 0.364. The lowest BCUT2D eigenvalue weighted by molar-refractivity contribution is 0.0915. The largest absolute Gasteiger partial charge is 0.346 e. The van der Waals surface area contributed by atoms with Gasteiger partial charge in [0.15, 0.2) is 0 Å². The van der Waals surface area contributed by atoms with Gasteiger partial charge in [0.2, 0.25) is 0 Å². The number of carbonyl (C=O) groups is 1. The van der Waals surface area contributed by atoms with Crippen molar-refractivity contribution in [3.8, 4) is 0 Å². The van der Waals surface area contributed by atoms with E-state index in [4.69, 9.17) is 17.3 Å². The molecule has 1 rings (SSSR count). The van der Waals surface area contributed by atoms with Crippen LogP contribution in [0.2, 0.25) is 5.02 Å². The van der Waals surface area contributed by atoms with Crippen LogP contribution in [0.4, 0.5) is 0 Å². The lowest BCUT2D eigenvalue weighted by atomic mass is 10.1. The highest BCUT2D eigenvalue weighted by molar-refractivity contribution is 9.10. The highest BCUT2D eigenvalue weighted by atomic mass is 79.9. The highest BCUT2D eigenvalue weighted by Gasteiger charge is 2.19. The monoisotopic (exact) mass is 340 g/mol. The number of hydrogen-bond acceptors (Lipinski definition) is 2. The average Bonchev–Trinajstić information content (AvgIpc) is 2.21. The molecule has 0 saturated heterocycles. The first-order valence-corrected chi connectivity index (χ1v) is 6.00. The van der Waals surface area contributed by atoms with E-state index in [9.17, 15) is 4.79 Å². The zero-order chi connectivity index (χ0) is 12.3. The van der Waals surface area contributed by atoms with Gasteiger partial charge in [0, 0.05) is 22.1 Å². The minimum absolute atomic E-state index is 0. The van der Waals surface area contributed by atoms with E-state index in [0.717, 1.165) is 0 Å². The zero-order valence-corrected chi connectivity index (χ0v) is 12.7. The van der Waals surface area contributed by atoms with Crippen LogP contribution in [0.5, 0.6) is 0 Å². The molecule has 0 spiro atoms. The van der Waals surface area contributed by atoms with Crippen LogP contribution in [0, 0.1) is 0 Å². The van der Waals surface area contributed by atoms with Crippen LogP contribution in [0.15, 0.2) is 22.7 Å². The first-order chi connectivity index (χ1) is 7.35. The second kappa shape index (κ2) is 6.59. The molecule has 3 N–H and O–H groups in total. The lowest BCUT2D eigenvalue weighted by Crippen LogP contribution is -2.48. The molecule has 6 heteroatoms. The van der Waals surface area contributed by atoms with Crippen LogP contribution in [0.1, 0.15) is 24.2 Å². The third-order valence-corrected chi connectivity index (χ3v) is 3.36. The molecule has 1 aromatic rings. The molecular weight excluding hydrogens is 327 g/mol. The number of rotatable bonds is 3. The van der Waals surface area contributed by atoms with Crippen molar-refractivity contribution in [1.29, 1.82) is 0 Å². The fourth-order valence-corrected chi connectivity index (χ4v) is 1.56. The van der Waals surface area contributed by atoms with Gasteiger partial charge < -0.3 is 11.1 Å². The van der Waals surface area contributed by atoms with Crippen molar-refractivity contribution in [2.75, 3.05) is 6.54 Å². The number of hydrogen-bond donors (Lipinski definition) is 2. The smallest absolute Gasteiger partial charge is 0.251 e. The van der Waals surface area contributed by atoms with Crippen molar-refractivity contribution in [3.05, 3.63) is 33.3 Å². The molecule has 0 aliphatic rings. The summed E-state index contributed by atoms with van der Waals surface area (Å²) in [6, 6.07) is 5.04. The van der Waals surface area contributed by atoms with E-state index in [-0.39, 0.29) is 18.3 Å². The number of amides is 1. The van der Waals surface area contributed by atoms with Crippen LogP contribution in [-0.2, 0) is 0 Å². The Balaban J connectivity index is 0.00000256. The Morgan fingerprint density at radius 1 is 1.53 bits per heavy atom. The Morgan fingerprint density at radius 3 is 2.59 bits per heavy atom. The van der Waals surface area contributed by atoms with Crippen LogP contribution in [0.3, 0.4) is 0 Å². The molecule has 1 aromatic carbocycles. The maximum absolute atomic E-state index is 11.9. The molecule has 0 atom stereocenters. The Labute approximate surface area is 121 Å². The van der Waals surface area contributed by atoms with Crippen LogP contribution in [-0.4, -0.2) is 18.0 Å². The van der Waals surface area contributed by atoms with Crippen molar-refractivity contribution in [2.24, 2.45) is 5.73 Å². The van der Waals surface area contributed by atoms with E-state index in [2.05, 4.69) is 21.2 Å². The summed E-state index contributed by atoms with van der Waals surface area (Å²) in [5.41, 5.74) is 5.68. The molecule has 0 bridgehead atoms. The molecule has 3 nitrogen and oxygen atoms in total. The van der Waals surface area contributed by atoms with E-state index >= 15 is 0 Å². The van der Waals surface area contributed by atoms with Gasteiger partial charge >= 0.3 is 0 Å². The van der Waals surface area contributed by atoms with Crippen molar-refractivity contribution >= 4 is 45.8 Å². The summed E-state index contributed by atoms with van der Waals surface area (Å²) in [7, 11) is 0. The van der Waals surface area contributed by atoms with Crippen LogP contribution in [0.25, 0.3) is 0 Å². The minimum Gasteiger partial charge on any atom is -0.346 e. The minimum atomic E-state index is -0.413. The van der Waals surface area contributed by atoms with E-state index in [1.165, 1.54) is 0 Å². The number of nitrogens with two attached hydrogens (primary N) is 1. The quantitative estimate of drug-likeness (QED) is 0.887. The first-order valence-electron chi connectivity index (χ1n) is 4.83. The molecular formula is C11H15BrCl2N2O. The predicted molar refractivity (Wildman–Crippen MR) is 77.0 cm³/mol. The average molecular weight is 342 g/mol. The number of benzene rings is 1. The SMILES string of the molecule is CC(C)(CN)NC(=O)c1ccc(Cl)c(Br)c1.Cl. The van der Waals surface area contributed by atoms with Gasteiger partial charge in [-0.3, -0.25) is 4.79 Å². The summed E-state index contributed by atoms with van der Waals surface area (Å²) in [5.74, 6) is -0.159. The molecule has 1 amide bonds. The van der Waals surface area contributed by atoms with E-state index < -0.39 is 5.54 Å². The van der Waals surface area contributed by atoms with Crippen LogP contribution >= 0.6 is 39.9 Å². The highest BCUT2D eigenvalue weighted by Crippen LogP contribution is 2.23. The summed E-state index contributed by atoms with van der Waals surface area (Å²) in [4.78, 5) is 11.9. The van der Waals surface area contributed by atoms with Gasteiger partial charge in [-0.25, -0.2) is 0 Å². The Kier molecular flexibility index (Phi) is 6.48. The molecule has 0 aliphatic heterocycles. The van der Waals surface area contributed by atoms with Crippen molar-refractivity contribution in [2.45, 2.75) is 19.4 Å². The Hall–Kier alpha value is -0.290. The first kappa shape index (κ1) is 16.7. The molecule has 0 fully saturated rings. The molecule has 17 heavy (non-hydrogen) atoms. The third kappa shape index (κ3) is 4.84. The maximum Gasteiger partial charge on any atom is 0.251 e. The van der Waals surface area contributed by atoms with Gasteiger partial charge in [-0.05, 0) is 48.0 Å². The van der Waals surface area contributed by atoms with Gasteiger partial charge in [0.25, 0.3) is 5.91 Å². The van der Waals surface area contributed by atoms with Crippen molar-refractivity contribution < 1.29 is 4.79 Å². The summed E-state index contributed by atoms with van der Waals surface area (Å²) < 4.78 is 0.701. The van der Waals surface area contributed by atoms with E-state index in [0.29, 0.717) is 21.6 Å². The standard InChI is InChI=1S/C11H14BrClN2O.ClH/c1-11(2,6-14)15-10(16)7-3-4-9(13)8(12)5-7;/h3-5H,6,14H2,1-2H3,(H,15,16);1H.